The molecule has 0 saturated carbocycles. The molecule has 122 valence electrons. The summed E-state index contributed by atoms with van der Waals surface area (Å²) in [6.45, 7) is 3.58. The molecule has 0 fully saturated rings. The first kappa shape index (κ1) is 14.9. The molecule has 0 bridgehead atoms. The van der Waals surface area contributed by atoms with Crippen LogP contribution in [0.1, 0.15) is 40.5 Å². The largest absolute Gasteiger partial charge is 0.351 e. The third-order valence-electron chi connectivity index (χ3n) is 4.85. The van der Waals surface area contributed by atoms with Crippen LogP contribution >= 0.6 is 0 Å². The van der Waals surface area contributed by atoms with Gasteiger partial charge < -0.3 is 9.88 Å². The van der Waals surface area contributed by atoms with Crippen molar-refractivity contribution in [2.75, 3.05) is 6.54 Å². The quantitative estimate of drug-likeness (QED) is 0.783. The Bertz CT molecular complexity index is 897. The second kappa shape index (κ2) is 6.11. The van der Waals surface area contributed by atoms with Gasteiger partial charge >= 0.3 is 0 Å². The summed E-state index contributed by atoms with van der Waals surface area (Å²) < 4.78 is 0. The zero-order valence-electron chi connectivity index (χ0n) is 13.9. The highest BCUT2D eigenvalue weighted by Crippen LogP contribution is 2.22. The number of amides is 1. The van der Waals surface area contributed by atoms with Crippen LogP contribution in [-0.4, -0.2) is 27.3 Å². The third kappa shape index (κ3) is 2.68. The van der Waals surface area contributed by atoms with E-state index >= 15 is 0 Å². The van der Waals surface area contributed by atoms with Gasteiger partial charge in [0.05, 0.1) is 0 Å². The Balaban J connectivity index is 1.63. The average molecular weight is 319 g/mol. The zero-order valence-corrected chi connectivity index (χ0v) is 13.9. The van der Waals surface area contributed by atoms with E-state index in [1.54, 1.807) is 0 Å². The van der Waals surface area contributed by atoms with Crippen molar-refractivity contribution in [3.05, 3.63) is 65.1 Å². The molecular formula is C20H21N3O. The maximum atomic E-state index is 13.0. The molecule has 4 heteroatoms. The van der Waals surface area contributed by atoms with Gasteiger partial charge in [0, 0.05) is 36.4 Å². The van der Waals surface area contributed by atoms with Crippen molar-refractivity contribution in [3.8, 4) is 0 Å². The number of H-pyrrole nitrogens is 1. The number of aromatic nitrogens is 2. The number of hydrogen-bond acceptors (Lipinski definition) is 2. The maximum absolute atomic E-state index is 13.0. The van der Waals surface area contributed by atoms with Crippen LogP contribution < -0.4 is 0 Å². The van der Waals surface area contributed by atoms with E-state index in [-0.39, 0.29) is 5.91 Å². The fraction of sp³-hybridized carbons (Fsp3) is 0.300. The summed E-state index contributed by atoms with van der Waals surface area (Å²) in [6.07, 6.45) is 6.69. The van der Waals surface area contributed by atoms with Gasteiger partial charge in [-0.1, -0.05) is 19.1 Å². The van der Waals surface area contributed by atoms with E-state index in [4.69, 9.17) is 0 Å². The number of fused-ring (bicyclic) bond motifs is 2. The lowest BCUT2D eigenvalue weighted by Gasteiger charge is -2.20. The molecular weight excluding hydrogens is 298 g/mol. The minimum absolute atomic E-state index is 0.0777. The standard InChI is InChI=1S/C20H21N3O/c1-2-14-5-6-15-11-19(22-18(15)10-14)20(24)23-9-3-4-16-12-21-8-7-17(16)13-23/h5-8,10-12,22H,2-4,9,13H2,1H3. The molecule has 0 aliphatic carbocycles. The van der Waals surface area contributed by atoms with Crippen LogP contribution in [0.3, 0.4) is 0 Å². The summed E-state index contributed by atoms with van der Waals surface area (Å²) in [6, 6.07) is 10.3. The van der Waals surface area contributed by atoms with Crippen molar-refractivity contribution < 1.29 is 4.79 Å². The first-order chi connectivity index (χ1) is 11.7. The number of carbonyl (C=O) groups excluding carboxylic acids is 1. The van der Waals surface area contributed by atoms with Gasteiger partial charge in [0.25, 0.3) is 5.91 Å². The Kier molecular flexibility index (Phi) is 3.81. The van der Waals surface area contributed by atoms with E-state index in [1.165, 1.54) is 16.7 Å². The summed E-state index contributed by atoms with van der Waals surface area (Å²) in [5.41, 5.74) is 5.46. The fourth-order valence-electron chi connectivity index (χ4n) is 3.43. The molecule has 4 rings (SSSR count). The Morgan fingerprint density at radius 2 is 2.17 bits per heavy atom. The highest BCUT2D eigenvalue weighted by Gasteiger charge is 2.21. The number of hydrogen-bond donors (Lipinski definition) is 1. The van der Waals surface area contributed by atoms with Crippen LogP contribution in [0.4, 0.5) is 0 Å². The number of carbonyl (C=O) groups is 1. The first-order valence-corrected chi connectivity index (χ1v) is 8.57. The molecule has 24 heavy (non-hydrogen) atoms. The van der Waals surface area contributed by atoms with Crippen molar-refractivity contribution in [2.24, 2.45) is 0 Å². The van der Waals surface area contributed by atoms with Crippen molar-refractivity contribution in [3.63, 3.8) is 0 Å². The predicted molar refractivity (Wildman–Crippen MR) is 95.0 cm³/mol. The number of aromatic amines is 1. The third-order valence-corrected chi connectivity index (χ3v) is 4.85. The first-order valence-electron chi connectivity index (χ1n) is 8.57. The molecule has 1 amide bonds. The van der Waals surface area contributed by atoms with E-state index in [0.717, 1.165) is 36.7 Å². The van der Waals surface area contributed by atoms with Crippen LogP contribution in [0.15, 0.2) is 42.7 Å². The molecule has 1 N–H and O–H groups in total. The van der Waals surface area contributed by atoms with E-state index in [2.05, 4.69) is 35.1 Å². The normalized spacial score (nSPS) is 14.5. The zero-order chi connectivity index (χ0) is 16.5. The molecule has 2 aromatic heterocycles. The minimum atomic E-state index is 0.0777. The molecule has 1 aliphatic rings. The van der Waals surface area contributed by atoms with Gasteiger partial charge in [0.1, 0.15) is 5.69 Å². The molecule has 3 heterocycles. The van der Waals surface area contributed by atoms with Gasteiger partial charge in [-0.25, -0.2) is 0 Å². The van der Waals surface area contributed by atoms with Crippen molar-refractivity contribution >= 4 is 16.8 Å². The number of aryl methyl sites for hydroxylation is 2. The van der Waals surface area contributed by atoms with Gasteiger partial charge in [-0.05, 0) is 54.2 Å². The van der Waals surface area contributed by atoms with Crippen LogP contribution in [0.2, 0.25) is 0 Å². The second-order valence-corrected chi connectivity index (χ2v) is 6.43. The highest BCUT2D eigenvalue weighted by atomic mass is 16.2. The van der Waals surface area contributed by atoms with Crippen molar-refractivity contribution in [2.45, 2.75) is 32.7 Å². The Hall–Kier alpha value is -2.62. The molecule has 0 atom stereocenters. The van der Waals surface area contributed by atoms with Gasteiger partial charge in [-0.15, -0.1) is 0 Å². The fourth-order valence-corrected chi connectivity index (χ4v) is 3.43. The summed E-state index contributed by atoms with van der Waals surface area (Å²) in [5.74, 6) is 0.0777. The summed E-state index contributed by atoms with van der Waals surface area (Å²) >= 11 is 0. The van der Waals surface area contributed by atoms with Gasteiger partial charge in [0.2, 0.25) is 0 Å². The van der Waals surface area contributed by atoms with Gasteiger partial charge in [-0.2, -0.15) is 0 Å². The lowest BCUT2D eigenvalue weighted by Crippen LogP contribution is -2.30. The SMILES string of the molecule is CCc1ccc2cc(C(=O)N3CCCc4cnccc4C3)[nH]c2c1. The molecule has 1 aliphatic heterocycles. The molecule has 1 aromatic carbocycles. The van der Waals surface area contributed by atoms with Crippen molar-refractivity contribution in [1.29, 1.82) is 0 Å². The smallest absolute Gasteiger partial charge is 0.270 e. The molecule has 0 unspecified atom stereocenters. The topological polar surface area (TPSA) is 49.0 Å². The number of pyridine rings is 1. The van der Waals surface area contributed by atoms with Crippen LogP contribution in [0, 0.1) is 0 Å². The number of rotatable bonds is 2. The highest BCUT2D eigenvalue weighted by molar-refractivity contribution is 5.98. The van der Waals surface area contributed by atoms with Crippen LogP contribution in [0.25, 0.3) is 10.9 Å². The molecule has 0 radical (unpaired) electrons. The second-order valence-electron chi connectivity index (χ2n) is 6.43. The lowest BCUT2D eigenvalue weighted by atomic mass is 10.1. The maximum Gasteiger partial charge on any atom is 0.270 e. The molecule has 3 aromatic rings. The summed E-state index contributed by atoms with van der Waals surface area (Å²) in [5, 5.41) is 1.09. The van der Waals surface area contributed by atoms with Crippen LogP contribution in [0.5, 0.6) is 0 Å². The predicted octanol–water partition coefficient (Wildman–Crippen LogP) is 3.71. The molecule has 4 nitrogen and oxygen atoms in total. The Labute approximate surface area is 141 Å². The van der Waals surface area contributed by atoms with E-state index in [1.807, 2.05) is 29.4 Å². The van der Waals surface area contributed by atoms with E-state index in [0.29, 0.717) is 12.2 Å². The van der Waals surface area contributed by atoms with Gasteiger partial charge in [-0.3, -0.25) is 9.78 Å². The van der Waals surface area contributed by atoms with Crippen molar-refractivity contribution in [1.82, 2.24) is 14.9 Å². The van der Waals surface area contributed by atoms with E-state index in [9.17, 15) is 4.79 Å². The number of benzene rings is 1. The minimum Gasteiger partial charge on any atom is -0.351 e. The summed E-state index contributed by atoms with van der Waals surface area (Å²) in [4.78, 5) is 22.4. The Morgan fingerprint density at radius 3 is 3.04 bits per heavy atom. The molecule has 0 saturated heterocycles. The Morgan fingerprint density at radius 1 is 1.25 bits per heavy atom. The average Bonchev–Trinajstić information content (AvgIpc) is 2.92. The monoisotopic (exact) mass is 319 g/mol. The molecule has 0 spiro atoms. The van der Waals surface area contributed by atoms with E-state index < -0.39 is 0 Å². The number of nitrogens with one attached hydrogen (secondary N) is 1. The number of nitrogens with zero attached hydrogens (tertiary/aromatic N) is 2. The van der Waals surface area contributed by atoms with Crippen LogP contribution in [-0.2, 0) is 19.4 Å². The lowest BCUT2D eigenvalue weighted by molar-refractivity contribution is 0.0741. The van der Waals surface area contributed by atoms with Gasteiger partial charge in [0.15, 0.2) is 0 Å². The summed E-state index contributed by atoms with van der Waals surface area (Å²) in [7, 11) is 0.